The van der Waals surface area contributed by atoms with E-state index < -0.39 is 0 Å². The van der Waals surface area contributed by atoms with Crippen molar-refractivity contribution in [3.8, 4) is 0 Å². The lowest BCUT2D eigenvalue weighted by molar-refractivity contribution is -0.122. The Hall–Kier alpha value is -1.85. The van der Waals surface area contributed by atoms with Crippen LogP contribution >= 0.6 is 12.4 Å². The summed E-state index contributed by atoms with van der Waals surface area (Å²) in [6, 6.07) is 9.06. The third-order valence-corrected chi connectivity index (χ3v) is 4.37. The van der Waals surface area contributed by atoms with Gasteiger partial charge in [-0.15, -0.1) is 12.4 Å². The van der Waals surface area contributed by atoms with E-state index in [2.05, 4.69) is 17.6 Å². The molecule has 2 atom stereocenters. The number of piperidine rings is 1. The zero-order chi connectivity index (χ0) is 15.5. The summed E-state index contributed by atoms with van der Waals surface area (Å²) < 4.78 is 1.83. The molecule has 2 N–H and O–H groups in total. The van der Waals surface area contributed by atoms with Gasteiger partial charge < -0.3 is 15.2 Å². The predicted octanol–water partition coefficient (Wildman–Crippen LogP) is 1.54. The minimum Gasteiger partial charge on any atom is -0.350 e. The topological polar surface area (TPSA) is 63.1 Å². The lowest BCUT2D eigenvalue weighted by atomic mass is 9.95. The zero-order valence-electron chi connectivity index (χ0n) is 13.1. The van der Waals surface area contributed by atoms with E-state index in [1.807, 2.05) is 22.8 Å². The molecule has 23 heavy (non-hydrogen) atoms. The molecule has 124 valence electrons. The van der Waals surface area contributed by atoms with E-state index in [-0.39, 0.29) is 36.3 Å². The highest BCUT2D eigenvalue weighted by Crippen LogP contribution is 2.12. The second-order valence-electron chi connectivity index (χ2n) is 5.97. The molecule has 6 heteroatoms. The Morgan fingerprint density at radius 2 is 2.13 bits per heavy atom. The fourth-order valence-electron chi connectivity index (χ4n) is 2.99. The maximum absolute atomic E-state index is 12.3. The summed E-state index contributed by atoms with van der Waals surface area (Å²) in [5.41, 5.74) is 0.775. The molecular formula is C17H22ClN3O2. The fraction of sp³-hybridized carbons (Fsp3) is 0.412. The Morgan fingerprint density at radius 3 is 2.91 bits per heavy atom. The van der Waals surface area contributed by atoms with E-state index in [0.717, 1.165) is 25.0 Å². The molecule has 1 fully saturated rings. The van der Waals surface area contributed by atoms with Crippen molar-refractivity contribution in [2.75, 3.05) is 13.1 Å². The van der Waals surface area contributed by atoms with E-state index in [4.69, 9.17) is 0 Å². The van der Waals surface area contributed by atoms with Crippen molar-refractivity contribution in [2.45, 2.75) is 25.9 Å². The number of amides is 1. The van der Waals surface area contributed by atoms with Crippen molar-refractivity contribution in [1.82, 2.24) is 15.2 Å². The van der Waals surface area contributed by atoms with Crippen LogP contribution in [-0.2, 0) is 11.3 Å². The third-order valence-electron chi connectivity index (χ3n) is 4.37. The van der Waals surface area contributed by atoms with Gasteiger partial charge in [-0.05, 0) is 31.0 Å². The average Bonchev–Trinajstić information content (AvgIpc) is 2.53. The summed E-state index contributed by atoms with van der Waals surface area (Å²) >= 11 is 0. The second kappa shape index (κ2) is 7.62. The molecule has 2 unspecified atom stereocenters. The summed E-state index contributed by atoms with van der Waals surface area (Å²) in [4.78, 5) is 24.2. The molecule has 1 saturated heterocycles. The van der Waals surface area contributed by atoms with Gasteiger partial charge in [0.05, 0.1) is 5.52 Å². The van der Waals surface area contributed by atoms with Crippen LogP contribution in [-0.4, -0.2) is 29.6 Å². The minimum atomic E-state index is -0.0191. The van der Waals surface area contributed by atoms with Gasteiger partial charge in [0, 0.05) is 30.2 Å². The molecule has 0 bridgehead atoms. The predicted molar refractivity (Wildman–Crippen MR) is 94.0 cm³/mol. The standard InChI is InChI=1S/C17H21N3O2.ClH/c1-12-6-8-18-10-14(12)19-17(22)11-20-9-7-16(21)13-4-2-3-5-15(13)20;/h2-5,7,9,12,14,18H,6,8,10-11H2,1H3,(H,19,22);1H. The van der Waals surface area contributed by atoms with Crippen molar-refractivity contribution in [1.29, 1.82) is 0 Å². The largest absolute Gasteiger partial charge is 0.350 e. The molecule has 0 aliphatic carbocycles. The van der Waals surface area contributed by atoms with Gasteiger partial charge in [0.15, 0.2) is 5.43 Å². The van der Waals surface area contributed by atoms with Crippen LogP contribution in [0.1, 0.15) is 13.3 Å². The number of nitrogens with one attached hydrogen (secondary N) is 2. The number of benzene rings is 1. The molecule has 1 aliphatic heterocycles. The van der Waals surface area contributed by atoms with Gasteiger partial charge in [-0.1, -0.05) is 19.1 Å². The van der Waals surface area contributed by atoms with Crippen molar-refractivity contribution >= 4 is 29.2 Å². The van der Waals surface area contributed by atoms with Gasteiger partial charge in [0.25, 0.3) is 0 Å². The zero-order valence-corrected chi connectivity index (χ0v) is 13.9. The monoisotopic (exact) mass is 335 g/mol. The Balaban J connectivity index is 0.00000192. The van der Waals surface area contributed by atoms with E-state index in [0.29, 0.717) is 11.3 Å². The van der Waals surface area contributed by atoms with Gasteiger partial charge in [-0.25, -0.2) is 0 Å². The van der Waals surface area contributed by atoms with E-state index >= 15 is 0 Å². The molecular weight excluding hydrogens is 314 g/mol. The highest BCUT2D eigenvalue weighted by Gasteiger charge is 2.22. The summed E-state index contributed by atoms with van der Waals surface area (Å²) in [5.74, 6) is 0.463. The molecule has 0 radical (unpaired) electrons. The Kier molecular flexibility index (Phi) is 5.80. The van der Waals surface area contributed by atoms with Crippen LogP contribution in [0.2, 0.25) is 0 Å². The van der Waals surface area contributed by atoms with Crippen molar-refractivity contribution in [3.05, 3.63) is 46.8 Å². The van der Waals surface area contributed by atoms with Crippen LogP contribution in [0.15, 0.2) is 41.3 Å². The number of hydrogen-bond donors (Lipinski definition) is 2. The number of hydrogen-bond acceptors (Lipinski definition) is 3. The first-order valence-electron chi connectivity index (χ1n) is 7.73. The molecule has 1 aromatic carbocycles. The molecule has 5 nitrogen and oxygen atoms in total. The maximum Gasteiger partial charge on any atom is 0.240 e. The van der Waals surface area contributed by atoms with E-state index in [1.54, 1.807) is 12.3 Å². The number of para-hydroxylation sites is 1. The molecule has 2 aromatic rings. The first-order chi connectivity index (χ1) is 10.6. The molecule has 1 aliphatic rings. The Morgan fingerprint density at radius 1 is 1.35 bits per heavy atom. The molecule has 0 saturated carbocycles. The maximum atomic E-state index is 12.3. The lowest BCUT2D eigenvalue weighted by Gasteiger charge is -2.30. The van der Waals surface area contributed by atoms with Gasteiger partial charge in [-0.2, -0.15) is 0 Å². The Bertz CT molecular complexity index is 744. The van der Waals surface area contributed by atoms with E-state index in [9.17, 15) is 9.59 Å². The normalized spacial score (nSPS) is 20.7. The van der Waals surface area contributed by atoms with Crippen LogP contribution in [0.25, 0.3) is 10.9 Å². The molecule has 1 aromatic heterocycles. The second-order valence-corrected chi connectivity index (χ2v) is 5.97. The molecule has 0 spiro atoms. The van der Waals surface area contributed by atoms with Crippen LogP contribution in [0.4, 0.5) is 0 Å². The lowest BCUT2D eigenvalue weighted by Crippen LogP contribution is -2.50. The van der Waals surface area contributed by atoms with E-state index in [1.165, 1.54) is 6.07 Å². The number of pyridine rings is 1. The smallest absolute Gasteiger partial charge is 0.240 e. The van der Waals surface area contributed by atoms with Crippen LogP contribution in [0, 0.1) is 5.92 Å². The molecule has 3 rings (SSSR count). The minimum absolute atomic E-state index is 0. The van der Waals surface area contributed by atoms with Crippen molar-refractivity contribution < 1.29 is 4.79 Å². The number of nitrogens with zero attached hydrogens (tertiary/aromatic N) is 1. The number of aromatic nitrogens is 1. The summed E-state index contributed by atoms with van der Waals surface area (Å²) in [5, 5.41) is 7.05. The highest BCUT2D eigenvalue weighted by atomic mass is 35.5. The van der Waals surface area contributed by atoms with Crippen molar-refractivity contribution in [2.24, 2.45) is 5.92 Å². The number of rotatable bonds is 3. The SMILES string of the molecule is CC1CCNCC1NC(=O)Cn1ccc(=O)c2ccccc21.Cl. The number of fused-ring (bicyclic) bond motifs is 1. The number of carbonyl (C=O) groups is 1. The summed E-state index contributed by atoms with van der Waals surface area (Å²) in [6.45, 7) is 4.22. The number of carbonyl (C=O) groups excluding carboxylic acids is 1. The first kappa shape index (κ1) is 17.5. The van der Waals surface area contributed by atoms with Crippen molar-refractivity contribution in [3.63, 3.8) is 0 Å². The van der Waals surface area contributed by atoms with Gasteiger partial charge >= 0.3 is 0 Å². The van der Waals surface area contributed by atoms with Gasteiger partial charge in [0.2, 0.25) is 5.91 Å². The fourth-order valence-corrected chi connectivity index (χ4v) is 2.99. The molecule has 2 heterocycles. The average molecular weight is 336 g/mol. The quantitative estimate of drug-likeness (QED) is 0.894. The van der Waals surface area contributed by atoms with Crippen LogP contribution < -0.4 is 16.1 Å². The Labute approximate surface area is 141 Å². The van der Waals surface area contributed by atoms with Crippen LogP contribution in [0.5, 0.6) is 0 Å². The van der Waals surface area contributed by atoms with Crippen LogP contribution in [0.3, 0.4) is 0 Å². The third kappa shape index (κ3) is 3.92. The number of halogens is 1. The summed E-state index contributed by atoms with van der Waals surface area (Å²) in [7, 11) is 0. The molecule has 1 amide bonds. The van der Waals surface area contributed by atoms with Gasteiger partial charge in [0.1, 0.15) is 6.54 Å². The summed E-state index contributed by atoms with van der Waals surface area (Å²) in [6.07, 6.45) is 2.76. The first-order valence-corrected chi connectivity index (χ1v) is 7.73. The highest BCUT2D eigenvalue weighted by molar-refractivity contribution is 5.85. The van der Waals surface area contributed by atoms with Gasteiger partial charge in [-0.3, -0.25) is 9.59 Å².